The Morgan fingerprint density at radius 2 is 1.90 bits per heavy atom. The molecule has 41 heavy (non-hydrogen) atoms. The Kier molecular flexibility index (Phi) is 9.84. The number of hydrogen-bond donors (Lipinski definition) is 2. The normalized spacial score (nSPS) is 12.8. The number of aromatic nitrogens is 4. The molecule has 0 fully saturated rings. The monoisotopic (exact) mass is 589 g/mol. The fourth-order valence-electron chi connectivity index (χ4n) is 3.79. The van der Waals surface area contributed by atoms with Crippen LogP contribution in [0.25, 0.3) is 11.2 Å². The van der Waals surface area contributed by atoms with Crippen LogP contribution in [0, 0.1) is 5.82 Å². The second-order valence-electron chi connectivity index (χ2n) is 8.68. The van der Waals surface area contributed by atoms with Crippen LogP contribution in [-0.4, -0.2) is 65.5 Å². The largest absolute Gasteiger partial charge is 0.493 e. The molecule has 0 saturated carbocycles. The quantitative estimate of drug-likeness (QED) is 0.119. The van der Waals surface area contributed by atoms with E-state index in [0.29, 0.717) is 22.7 Å². The van der Waals surface area contributed by atoms with E-state index in [1.54, 1.807) is 16.7 Å². The fraction of sp³-hybridized carbons (Fsp3) is 0.308. The van der Waals surface area contributed by atoms with E-state index in [-0.39, 0.29) is 49.6 Å². The first-order chi connectivity index (χ1) is 19.7. The number of nitrogens with two attached hydrogens (primary N) is 1. The molecule has 0 aliphatic rings. The minimum atomic E-state index is -3.88. The summed E-state index contributed by atoms with van der Waals surface area (Å²) in [6.45, 7) is -0.373. The van der Waals surface area contributed by atoms with Crippen LogP contribution in [0.5, 0.6) is 11.5 Å². The van der Waals surface area contributed by atoms with Gasteiger partial charge in [0.2, 0.25) is 5.95 Å². The van der Waals surface area contributed by atoms with Gasteiger partial charge in [-0.05, 0) is 35.9 Å². The number of fused-ring (bicyclic) bond motifs is 1. The predicted octanol–water partition coefficient (Wildman–Crippen LogP) is 3.18. The number of hydrogen-bond acceptors (Lipinski definition) is 11. The van der Waals surface area contributed by atoms with Crippen LogP contribution in [0.1, 0.15) is 15.9 Å². The van der Waals surface area contributed by atoms with Crippen molar-refractivity contribution in [1.29, 1.82) is 0 Å². The summed E-state index contributed by atoms with van der Waals surface area (Å²) in [5.74, 6) is -0.179. The maximum atomic E-state index is 13.6. The van der Waals surface area contributed by atoms with Crippen LogP contribution in [0.3, 0.4) is 0 Å². The van der Waals surface area contributed by atoms with Gasteiger partial charge < -0.3 is 33.6 Å². The molecule has 13 nitrogen and oxygen atoms in total. The van der Waals surface area contributed by atoms with Crippen molar-refractivity contribution >= 4 is 30.5 Å². The second-order valence-corrected chi connectivity index (χ2v) is 10.9. The molecular formula is C26H29FN5O8P. The van der Waals surface area contributed by atoms with Crippen molar-refractivity contribution in [2.24, 2.45) is 0 Å². The molecule has 2 heterocycles. The molecule has 0 aliphatic heterocycles. The summed E-state index contributed by atoms with van der Waals surface area (Å²) in [4.78, 5) is 35.3. The molecule has 0 bridgehead atoms. The van der Waals surface area contributed by atoms with Crippen LogP contribution >= 0.6 is 7.60 Å². The number of ketones is 1. The number of aromatic amines is 1. The highest BCUT2D eigenvalue weighted by Gasteiger charge is 2.27. The van der Waals surface area contributed by atoms with Crippen molar-refractivity contribution in [2.45, 2.75) is 13.2 Å². The zero-order chi connectivity index (χ0) is 29.4. The Morgan fingerprint density at radius 3 is 2.66 bits per heavy atom. The van der Waals surface area contributed by atoms with Gasteiger partial charge in [-0.3, -0.25) is 19.1 Å². The molecule has 0 spiro atoms. The average Bonchev–Trinajstić information content (AvgIpc) is 3.37. The number of nitrogens with one attached hydrogen (secondary N) is 1. The third-order valence-corrected chi connectivity index (χ3v) is 7.67. The molecule has 0 radical (unpaired) electrons. The lowest BCUT2D eigenvalue weighted by molar-refractivity contribution is 0.0885. The SMILES string of the molecule is COc1ccc(C(=O)COP(=O)(CCOCCn2cnc3c(=O)[nH]c(N)nc32)OCc2cccc(F)c2)cc1OC. The molecule has 2 aromatic heterocycles. The van der Waals surface area contributed by atoms with Gasteiger partial charge in [0.15, 0.2) is 28.4 Å². The summed E-state index contributed by atoms with van der Waals surface area (Å²) < 4.78 is 55.9. The number of imidazole rings is 1. The Bertz CT molecular complexity index is 1630. The van der Waals surface area contributed by atoms with E-state index < -0.39 is 31.4 Å². The number of nitrogen functional groups attached to an aromatic ring is 1. The van der Waals surface area contributed by atoms with E-state index in [2.05, 4.69) is 15.0 Å². The van der Waals surface area contributed by atoms with Gasteiger partial charge in [-0.2, -0.15) is 4.98 Å². The molecule has 0 amide bonds. The Labute approximate surface area is 233 Å². The van der Waals surface area contributed by atoms with Crippen molar-refractivity contribution in [1.82, 2.24) is 19.5 Å². The summed E-state index contributed by atoms with van der Waals surface area (Å²) in [6.07, 6.45) is 1.25. The third kappa shape index (κ3) is 7.76. The van der Waals surface area contributed by atoms with Gasteiger partial charge in [-0.1, -0.05) is 12.1 Å². The molecule has 1 atom stereocenters. The van der Waals surface area contributed by atoms with Crippen LogP contribution in [0.15, 0.2) is 53.6 Å². The summed E-state index contributed by atoms with van der Waals surface area (Å²) in [5.41, 5.74) is 6.30. The first-order valence-corrected chi connectivity index (χ1v) is 14.1. The molecule has 15 heteroatoms. The standard InChI is InChI=1S/C26H29FN5O8P/c1-36-21-7-6-18(13-22(21)37-2)20(33)15-40-41(35,39-14-17-4-3-5-19(27)12-17)11-10-38-9-8-32-16-29-23-24(32)30-26(28)31-25(23)34/h3-7,12-13,16H,8-11,14-15H2,1-2H3,(H3,28,30,31,34). The number of halogens is 1. The van der Waals surface area contributed by atoms with Gasteiger partial charge in [-0.25, -0.2) is 9.37 Å². The topological polar surface area (TPSA) is 170 Å². The van der Waals surface area contributed by atoms with Crippen molar-refractivity contribution in [3.05, 3.63) is 76.1 Å². The van der Waals surface area contributed by atoms with E-state index in [1.165, 1.54) is 50.9 Å². The molecule has 4 rings (SSSR count). The maximum absolute atomic E-state index is 13.6. The smallest absolute Gasteiger partial charge is 0.333 e. The molecule has 2 aromatic carbocycles. The first kappa shape index (κ1) is 29.9. The number of ether oxygens (including phenoxy) is 3. The van der Waals surface area contributed by atoms with Gasteiger partial charge in [-0.15, -0.1) is 0 Å². The molecule has 4 aromatic rings. The van der Waals surface area contributed by atoms with Crippen molar-refractivity contribution in [3.8, 4) is 11.5 Å². The number of anilines is 1. The number of carbonyl (C=O) groups excluding carboxylic acids is 1. The van der Waals surface area contributed by atoms with E-state index in [0.717, 1.165) is 0 Å². The van der Waals surface area contributed by atoms with Gasteiger partial charge in [0, 0.05) is 12.1 Å². The predicted molar refractivity (Wildman–Crippen MR) is 147 cm³/mol. The van der Waals surface area contributed by atoms with Gasteiger partial charge >= 0.3 is 7.60 Å². The molecule has 218 valence electrons. The lowest BCUT2D eigenvalue weighted by Crippen LogP contribution is -2.15. The highest BCUT2D eigenvalue weighted by atomic mass is 31.2. The highest BCUT2D eigenvalue weighted by molar-refractivity contribution is 7.53. The summed E-state index contributed by atoms with van der Waals surface area (Å²) in [7, 11) is -0.962. The van der Waals surface area contributed by atoms with Gasteiger partial charge in [0.1, 0.15) is 12.4 Å². The Balaban J connectivity index is 1.38. The van der Waals surface area contributed by atoms with E-state index >= 15 is 0 Å². The minimum absolute atomic E-state index is 0.0404. The van der Waals surface area contributed by atoms with Crippen molar-refractivity contribution in [3.63, 3.8) is 0 Å². The number of H-pyrrole nitrogens is 1. The van der Waals surface area contributed by atoms with Crippen LogP contribution < -0.4 is 20.8 Å². The molecule has 0 saturated heterocycles. The highest BCUT2D eigenvalue weighted by Crippen LogP contribution is 2.48. The second kappa shape index (κ2) is 13.5. The van der Waals surface area contributed by atoms with Gasteiger partial charge in [0.05, 0.1) is 46.5 Å². The van der Waals surface area contributed by atoms with Crippen LogP contribution in [0.2, 0.25) is 0 Å². The molecule has 1 unspecified atom stereocenters. The maximum Gasteiger partial charge on any atom is 0.333 e. The molecule has 0 aliphatic carbocycles. The lowest BCUT2D eigenvalue weighted by atomic mass is 10.1. The van der Waals surface area contributed by atoms with E-state index in [9.17, 15) is 18.5 Å². The van der Waals surface area contributed by atoms with Gasteiger partial charge in [0.25, 0.3) is 5.56 Å². The van der Waals surface area contributed by atoms with E-state index in [4.69, 9.17) is 29.0 Å². The Hall–Kier alpha value is -4.10. The fourth-order valence-corrected chi connectivity index (χ4v) is 5.14. The average molecular weight is 590 g/mol. The first-order valence-electron chi connectivity index (χ1n) is 12.4. The van der Waals surface area contributed by atoms with E-state index in [1.807, 2.05) is 0 Å². The minimum Gasteiger partial charge on any atom is -0.493 e. The van der Waals surface area contributed by atoms with Crippen molar-refractivity contribution in [2.75, 3.05) is 45.9 Å². The Morgan fingerprint density at radius 1 is 1.10 bits per heavy atom. The third-order valence-electron chi connectivity index (χ3n) is 5.89. The molecular weight excluding hydrogens is 560 g/mol. The lowest BCUT2D eigenvalue weighted by Gasteiger charge is -2.19. The number of carbonyl (C=O) groups is 1. The molecule has 3 N–H and O–H groups in total. The zero-order valence-electron chi connectivity index (χ0n) is 22.4. The number of nitrogens with zero attached hydrogens (tertiary/aromatic N) is 3. The summed E-state index contributed by atoms with van der Waals surface area (Å²) in [6, 6.07) is 10.2. The summed E-state index contributed by atoms with van der Waals surface area (Å²) >= 11 is 0. The van der Waals surface area contributed by atoms with Crippen LogP contribution in [0.4, 0.5) is 10.3 Å². The van der Waals surface area contributed by atoms with Crippen LogP contribution in [-0.2, 0) is 31.5 Å². The number of rotatable bonds is 15. The number of benzene rings is 2. The number of methoxy groups -OCH3 is 2. The zero-order valence-corrected chi connectivity index (χ0v) is 23.3. The van der Waals surface area contributed by atoms with Crippen molar-refractivity contribution < 1.29 is 37.0 Å². The number of Topliss-reactive ketones (excluding diaryl/α,β-unsaturated/α-hetero) is 1. The summed E-state index contributed by atoms with van der Waals surface area (Å²) in [5, 5.41) is 0.